The summed E-state index contributed by atoms with van der Waals surface area (Å²) in [6.45, 7) is 2.40. The van der Waals surface area contributed by atoms with Crippen LogP contribution in [0.2, 0.25) is 0 Å². The Morgan fingerprint density at radius 2 is 1.74 bits per heavy atom. The third kappa shape index (κ3) is 2.09. The molecule has 3 rings (SSSR count). The molecule has 2 aromatic carbocycles. The summed E-state index contributed by atoms with van der Waals surface area (Å²) in [5.74, 6) is 0. The highest BCUT2D eigenvalue weighted by atomic mass is 32.1. The number of nitrogens with zero attached hydrogens (tertiary/aromatic N) is 2. The zero-order valence-electron chi connectivity index (χ0n) is 10.6. The molecule has 0 atom stereocenters. The van der Waals surface area contributed by atoms with Crippen LogP contribution < -0.4 is 4.90 Å². The Hall–Kier alpha value is -1.91. The summed E-state index contributed by atoms with van der Waals surface area (Å²) in [7, 11) is 0. The minimum Gasteiger partial charge on any atom is -0.320 e. The van der Waals surface area contributed by atoms with E-state index in [1.54, 1.807) is 0 Å². The van der Waals surface area contributed by atoms with E-state index in [-0.39, 0.29) is 0 Å². The van der Waals surface area contributed by atoms with E-state index >= 15 is 0 Å². The van der Waals surface area contributed by atoms with Crippen molar-refractivity contribution in [3.8, 4) is 0 Å². The van der Waals surface area contributed by atoms with Crippen molar-refractivity contribution in [2.45, 2.75) is 6.92 Å². The van der Waals surface area contributed by atoms with E-state index in [9.17, 15) is 5.21 Å². The number of aryl methyl sites for hydroxylation is 1. The minimum absolute atomic E-state index is 0.346. The highest BCUT2D eigenvalue weighted by molar-refractivity contribution is 7.80. The van der Waals surface area contributed by atoms with E-state index in [0.717, 1.165) is 22.0 Å². The summed E-state index contributed by atoms with van der Waals surface area (Å²) < 4.78 is 0. The number of hydrogen-bond acceptors (Lipinski definition) is 3. The van der Waals surface area contributed by atoms with Crippen LogP contribution in [0.25, 0.3) is 0 Å². The van der Waals surface area contributed by atoms with Gasteiger partial charge < -0.3 is 4.90 Å². The molecular weight excluding hydrogens is 256 g/mol. The average molecular weight is 270 g/mol. The molecule has 19 heavy (non-hydrogen) atoms. The van der Waals surface area contributed by atoms with Crippen LogP contribution in [-0.4, -0.2) is 21.9 Å². The first-order chi connectivity index (χ1) is 9.16. The van der Waals surface area contributed by atoms with Crippen molar-refractivity contribution in [3.63, 3.8) is 0 Å². The summed E-state index contributed by atoms with van der Waals surface area (Å²) in [6.07, 6.45) is 0. The first kappa shape index (κ1) is 12.1. The third-order valence-corrected chi connectivity index (χ3v) is 3.71. The SMILES string of the molecule is Cc1ccc(N2CN(O)C(=S)c3ccccc32)cc1. The van der Waals surface area contributed by atoms with Crippen molar-refractivity contribution in [1.29, 1.82) is 0 Å². The highest BCUT2D eigenvalue weighted by Gasteiger charge is 2.25. The Morgan fingerprint density at radius 1 is 1.05 bits per heavy atom. The standard InChI is InChI=1S/C15H14N2OS/c1-11-6-8-12(9-7-11)16-10-17(18)15(19)13-4-2-3-5-14(13)16/h2-9,18H,10H2,1H3. The number of thiocarbonyl (C=S) groups is 1. The second-order valence-electron chi connectivity index (χ2n) is 4.63. The molecule has 96 valence electrons. The van der Waals surface area contributed by atoms with Crippen molar-refractivity contribution in [1.82, 2.24) is 5.06 Å². The minimum atomic E-state index is 0.346. The van der Waals surface area contributed by atoms with Crippen LogP contribution in [0.4, 0.5) is 11.4 Å². The lowest BCUT2D eigenvalue weighted by atomic mass is 10.1. The van der Waals surface area contributed by atoms with Crippen molar-refractivity contribution < 1.29 is 5.21 Å². The lowest BCUT2D eigenvalue weighted by Gasteiger charge is -2.36. The van der Waals surface area contributed by atoms with Gasteiger partial charge in [-0.05, 0) is 31.2 Å². The van der Waals surface area contributed by atoms with Gasteiger partial charge in [0.25, 0.3) is 0 Å². The van der Waals surface area contributed by atoms with Crippen LogP contribution in [0, 0.1) is 6.92 Å². The third-order valence-electron chi connectivity index (χ3n) is 3.28. The number of hydrogen-bond donors (Lipinski definition) is 1. The van der Waals surface area contributed by atoms with Crippen LogP contribution >= 0.6 is 12.2 Å². The molecule has 0 spiro atoms. The molecule has 0 bridgehead atoms. The van der Waals surface area contributed by atoms with Gasteiger partial charge >= 0.3 is 0 Å². The van der Waals surface area contributed by atoms with Gasteiger partial charge in [0.1, 0.15) is 11.7 Å². The van der Waals surface area contributed by atoms with Crippen molar-refractivity contribution in [2.75, 3.05) is 11.6 Å². The molecule has 2 aromatic rings. The second kappa shape index (κ2) is 4.64. The molecule has 3 nitrogen and oxygen atoms in total. The van der Waals surface area contributed by atoms with Crippen LogP contribution in [0.1, 0.15) is 11.1 Å². The number of anilines is 2. The molecule has 0 unspecified atom stereocenters. The molecule has 0 saturated heterocycles. The fraction of sp³-hybridized carbons (Fsp3) is 0.133. The number of hydroxylamine groups is 2. The summed E-state index contributed by atoms with van der Waals surface area (Å²) in [5.41, 5.74) is 4.17. The lowest BCUT2D eigenvalue weighted by Crippen LogP contribution is -2.42. The van der Waals surface area contributed by atoms with E-state index in [2.05, 4.69) is 19.1 Å². The van der Waals surface area contributed by atoms with E-state index in [1.165, 1.54) is 5.56 Å². The number of benzene rings is 2. The normalized spacial score (nSPS) is 14.5. The second-order valence-corrected chi connectivity index (χ2v) is 5.01. The van der Waals surface area contributed by atoms with E-state index in [1.807, 2.05) is 41.3 Å². The number of rotatable bonds is 1. The molecule has 4 heteroatoms. The predicted molar refractivity (Wildman–Crippen MR) is 80.0 cm³/mol. The molecule has 0 amide bonds. The van der Waals surface area contributed by atoms with Gasteiger partial charge in [0.2, 0.25) is 0 Å². The first-order valence-corrected chi connectivity index (χ1v) is 6.51. The zero-order valence-corrected chi connectivity index (χ0v) is 11.4. The molecule has 0 fully saturated rings. The van der Waals surface area contributed by atoms with Crippen LogP contribution in [-0.2, 0) is 0 Å². The van der Waals surface area contributed by atoms with Gasteiger partial charge in [-0.2, -0.15) is 0 Å². The summed E-state index contributed by atoms with van der Waals surface area (Å²) in [5, 5.41) is 11.1. The maximum Gasteiger partial charge on any atom is 0.138 e. The smallest absolute Gasteiger partial charge is 0.138 e. The van der Waals surface area contributed by atoms with Crippen molar-refractivity contribution >= 4 is 28.6 Å². The lowest BCUT2D eigenvalue weighted by molar-refractivity contribution is -0.0101. The van der Waals surface area contributed by atoms with Gasteiger partial charge in [-0.25, -0.2) is 5.06 Å². The summed E-state index contributed by atoms with van der Waals surface area (Å²) >= 11 is 5.26. The quantitative estimate of drug-likeness (QED) is 0.803. The monoisotopic (exact) mass is 270 g/mol. The van der Waals surface area contributed by atoms with Crippen LogP contribution in [0.15, 0.2) is 48.5 Å². The van der Waals surface area contributed by atoms with Crippen molar-refractivity contribution in [3.05, 3.63) is 59.7 Å². The molecule has 1 aliphatic rings. The van der Waals surface area contributed by atoms with Crippen LogP contribution in [0.3, 0.4) is 0 Å². The van der Waals surface area contributed by atoms with E-state index in [4.69, 9.17) is 12.2 Å². The first-order valence-electron chi connectivity index (χ1n) is 6.11. The molecule has 1 N–H and O–H groups in total. The Morgan fingerprint density at radius 3 is 2.47 bits per heavy atom. The van der Waals surface area contributed by atoms with Gasteiger partial charge in [0.15, 0.2) is 0 Å². The Labute approximate surface area is 117 Å². The summed E-state index contributed by atoms with van der Waals surface area (Å²) in [6, 6.07) is 16.1. The Bertz CT molecular complexity index is 624. The van der Waals surface area contributed by atoms with Crippen LogP contribution in [0.5, 0.6) is 0 Å². The Kier molecular flexibility index (Phi) is 2.97. The molecule has 0 aliphatic carbocycles. The maximum absolute atomic E-state index is 9.96. The van der Waals surface area contributed by atoms with Gasteiger partial charge in [-0.15, -0.1) is 0 Å². The predicted octanol–water partition coefficient (Wildman–Crippen LogP) is 3.47. The van der Waals surface area contributed by atoms with Gasteiger partial charge in [0, 0.05) is 11.3 Å². The average Bonchev–Trinajstić information content (AvgIpc) is 2.44. The van der Waals surface area contributed by atoms with E-state index < -0.39 is 0 Å². The fourth-order valence-electron chi connectivity index (χ4n) is 2.25. The van der Waals surface area contributed by atoms with Crippen molar-refractivity contribution in [2.24, 2.45) is 0 Å². The summed E-state index contributed by atoms with van der Waals surface area (Å²) in [4.78, 5) is 2.52. The van der Waals surface area contributed by atoms with Gasteiger partial charge in [-0.3, -0.25) is 5.21 Å². The Balaban J connectivity index is 2.10. The molecular formula is C15H14N2OS. The number of fused-ring (bicyclic) bond motifs is 1. The molecule has 0 saturated carbocycles. The zero-order chi connectivity index (χ0) is 13.4. The maximum atomic E-state index is 9.96. The molecule has 0 aromatic heterocycles. The van der Waals surface area contributed by atoms with Gasteiger partial charge in [0.05, 0.1) is 5.69 Å². The number of para-hydroxylation sites is 1. The highest BCUT2D eigenvalue weighted by Crippen LogP contribution is 2.33. The molecule has 0 radical (unpaired) electrons. The largest absolute Gasteiger partial charge is 0.320 e. The van der Waals surface area contributed by atoms with E-state index in [0.29, 0.717) is 11.7 Å². The molecule has 1 aliphatic heterocycles. The fourth-order valence-corrected chi connectivity index (χ4v) is 2.48. The van der Waals surface area contributed by atoms with Gasteiger partial charge in [-0.1, -0.05) is 42.0 Å². The molecule has 1 heterocycles. The topological polar surface area (TPSA) is 26.7 Å².